The first-order chi connectivity index (χ1) is 15.1. The van der Waals surface area contributed by atoms with E-state index in [1.165, 1.54) is 30.9 Å². The molecule has 10 nitrogen and oxygen atoms in total. The molecule has 0 radical (unpaired) electrons. The zero-order valence-electron chi connectivity index (χ0n) is 17.6. The van der Waals surface area contributed by atoms with Crippen LogP contribution in [-0.4, -0.2) is 42.5 Å². The number of thiophene rings is 1. The highest BCUT2D eigenvalue weighted by Crippen LogP contribution is 2.30. The summed E-state index contributed by atoms with van der Waals surface area (Å²) in [5, 5.41) is 13.6. The van der Waals surface area contributed by atoms with Crippen molar-refractivity contribution in [3.8, 4) is 5.88 Å². The summed E-state index contributed by atoms with van der Waals surface area (Å²) in [4.78, 5) is 32.1. The topological polar surface area (TPSA) is 148 Å². The van der Waals surface area contributed by atoms with Crippen molar-refractivity contribution in [3.05, 3.63) is 57.0 Å². The molecule has 0 aliphatic carbocycles. The predicted molar refractivity (Wildman–Crippen MR) is 119 cm³/mol. The lowest BCUT2D eigenvalue weighted by molar-refractivity contribution is 0.0695. The largest absolute Gasteiger partial charge is 0.478 e. The number of sulfonamides is 1. The Morgan fingerprint density at radius 1 is 1.12 bits per heavy atom. The van der Waals surface area contributed by atoms with E-state index < -0.39 is 21.9 Å². The smallest absolute Gasteiger partial charge is 0.336 e. The Balaban J connectivity index is 1.96. The summed E-state index contributed by atoms with van der Waals surface area (Å²) in [6.45, 7) is 4.99. The summed E-state index contributed by atoms with van der Waals surface area (Å²) >= 11 is 0.935. The number of carbonyl (C=O) groups excluding carboxylic acids is 1. The molecule has 0 unspecified atom stereocenters. The number of anilines is 2. The third-order valence-corrected chi connectivity index (χ3v) is 7.06. The van der Waals surface area contributed by atoms with E-state index in [1.54, 1.807) is 26.8 Å². The Morgan fingerprint density at radius 2 is 1.81 bits per heavy atom. The molecule has 0 fully saturated rings. The Kier molecular flexibility index (Phi) is 6.46. The van der Waals surface area contributed by atoms with Crippen molar-refractivity contribution in [2.24, 2.45) is 0 Å². The van der Waals surface area contributed by atoms with Crippen LogP contribution in [0.25, 0.3) is 0 Å². The Morgan fingerprint density at radius 3 is 2.47 bits per heavy atom. The summed E-state index contributed by atoms with van der Waals surface area (Å²) in [7, 11) is -2.87. The number of carboxylic acids is 1. The van der Waals surface area contributed by atoms with E-state index in [0.717, 1.165) is 11.3 Å². The minimum atomic E-state index is -4.20. The van der Waals surface area contributed by atoms with Crippen LogP contribution in [0.3, 0.4) is 0 Å². The number of amides is 1. The SMILES string of the molecule is COc1nccnc1NS(=O)(=O)c1ccsc1C(=O)Nc1c(C)cc(C)c(C(=O)O)c1C. The molecule has 0 saturated carbocycles. The van der Waals surface area contributed by atoms with Gasteiger partial charge in [-0.3, -0.25) is 9.52 Å². The van der Waals surface area contributed by atoms with Gasteiger partial charge >= 0.3 is 5.97 Å². The molecule has 12 heteroatoms. The van der Waals surface area contributed by atoms with Crippen molar-refractivity contribution in [3.63, 3.8) is 0 Å². The van der Waals surface area contributed by atoms with Gasteiger partial charge in [0.05, 0.1) is 12.7 Å². The molecule has 0 spiro atoms. The average Bonchev–Trinajstić information content (AvgIpc) is 3.22. The number of hydrogen-bond acceptors (Lipinski definition) is 8. The Labute approximate surface area is 188 Å². The molecule has 0 saturated heterocycles. The third-order valence-electron chi connectivity index (χ3n) is 4.64. The van der Waals surface area contributed by atoms with Gasteiger partial charge in [0.1, 0.15) is 9.77 Å². The maximum Gasteiger partial charge on any atom is 0.336 e. The number of rotatable bonds is 7. The van der Waals surface area contributed by atoms with Crippen molar-refractivity contribution >= 4 is 44.7 Å². The average molecular weight is 477 g/mol. The van der Waals surface area contributed by atoms with Crippen LogP contribution in [0.5, 0.6) is 5.88 Å². The molecule has 0 aliphatic heterocycles. The molecule has 32 heavy (non-hydrogen) atoms. The maximum atomic E-state index is 13.0. The second kappa shape index (κ2) is 8.93. The molecule has 1 amide bonds. The molecule has 3 aromatic rings. The summed E-state index contributed by atoms with van der Waals surface area (Å²) < 4.78 is 33.2. The molecule has 0 atom stereocenters. The van der Waals surface area contributed by atoms with Gasteiger partial charge in [0.15, 0.2) is 0 Å². The fourth-order valence-electron chi connectivity index (χ4n) is 3.28. The predicted octanol–water partition coefficient (Wildman–Crippen LogP) is 3.22. The highest BCUT2D eigenvalue weighted by atomic mass is 32.2. The summed E-state index contributed by atoms with van der Waals surface area (Å²) in [6, 6.07) is 2.95. The summed E-state index contributed by atoms with van der Waals surface area (Å²) in [5.74, 6) is -1.94. The number of nitrogens with one attached hydrogen (secondary N) is 2. The molecule has 3 N–H and O–H groups in total. The van der Waals surface area contributed by atoms with Crippen LogP contribution >= 0.6 is 11.3 Å². The van der Waals surface area contributed by atoms with E-state index >= 15 is 0 Å². The zero-order valence-corrected chi connectivity index (χ0v) is 19.2. The van der Waals surface area contributed by atoms with Gasteiger partial charge in [-0.2, -0.15) is 0 Å². The normalized spacial score (nSPS) is 11.1. The van der Waals surface area contributed by atoms with E-state index in [0.29, 0.717) is 22.4 Å². The number of nitrogens with zero attached hydrogens (tertiary/aromatic N) is 2. The number of carboxylic acid groups (broad SMARTS) is 1. The van der Waals surface area contributed by atoms with Crippen LogP contribution < -0.4 is 14.8 Å². The Hall–Kier alpha value is -3.51. The van der Waals surface area contributed by atoms with Crippen LogP contribution in [0, 0.1) is 20.8 Å². The molecule has 2 aromatic heterocycles. The van der Waals surface area contributed by atoms with E-state index in [-0.39, 0.29) is 27.0 Å². The second-order valence-corrected chi connectivity index (χ2v) is 9.35. The number of aryl methyl sites for hydroxylation is 2. The van der Waals surface area contributed by atoms with Crippen LogP contribution in [-0.2, 0) is 10.0 Å². The lowest BCUT2D eigenvalue weighted by atomic mass is 9.97. The van der Waals surface area contributed by atoms with E-state index in [2.05, 4.69) is 20.0 Å². The molecule has 168 valence electrons. The van der Waals surface area contributed by atoms with E-state index in [1.807, 2.05) is 0 Å². The molecule has 1 aromatic carbocycles. The lowest BCUT2D eigenvalue weighted by Gasteiger charge is -2.16. The molecule has 2 heterocycles. The van der Waals surface area contributed by atoms with Gasteiger partial charge in [0, 0.05) is 18.1 Å². The molecule has 3 rings (SSSR count). The number of hydrogen-bond donors (Lipinski definition) is 3. The first-order valence-electron chi connectivity index (χ1n) is 9.17. The highest BCUT2D eigenvalue weighted by Gasteiger charge is 2.27. The van der Waals surface area contributed by atoms with E-state index in [9.17, 15) is 23.1 Å². The summed E-state index contributed by atoms with van der Waals surface area (Å²) in [5.41, 5.74) is 2.00. The number of benzene rings is 1. The van der Waals surface area contributed by atoms with Crippen molar-refractivity contribution in [1.82, 2.24) is 9.97 Å². The molecule has 0 bridgehead atoms. The van der Waals surface area contributed by atoms with Crippen molar-refractivity contribution in [1.29, 1.82) is 0 Å². The minimum Gasteiger partial charge on any atom is -0.478 e. The fourth-order valence-corrected chi connectivity index (χ4v) is 5.61. The molecule has 0 aliphatic rings. The number of methoxy groups -OCH3 is 1. The first-order valence-corrected chi connectivity index (χ1v) is 11.5. The van der Waals surface area contributed by atoms with Gasteiger partial charge in [0.2, 0.25) is 5.82 Å². The van der Waals surface area contributed by atoms with Gasteiger partial charge in [-0.15, -0.1) is 11.3 Å². The highest BCUT2D eigenvalue weighted by molar-refractivity contribution is 7.93. The standard InChI is InChI=1S/C20H20N4O6S2/c1-10-9-11(2)15(12(3)14(10)20(26)27)23-18(25)16-13(5-8-31-16)32(28,29)24-17-19(30-4)22-7-6-21-17/h5-9H,1-4H3,(H,21,24)(H,23,25)(H,26,27). The number of carbonyl (C=O) groups is 2. The third kappa shape index (κ3) is 4.41. The van der Waals surface area contributed by atoms with Crippen LogP contribution in [0.4, 0.5) is 11.5 Å². The first kappa shape index (κ1) is 23.2. The number of aromatic nitrogens is 2. The van der Waals surface area contributed by atoms with Crippen molar-refractivity contribution in [2.45, 2.75) is 25.7 Å². The summed E-state index contributed by atoms with van der Waals surface area (Å²) in [6.07, 6.45) is 2.64. The van der Waals surface area contributed by atoms with Gasteiger partial charge in [0.25, 0.3) is 21.8 Å². The van der Waals surface area contributed by atoms with Gasteiger partial charge in [-0.1, -0.05) is 6.07 Å². The molecular formula is C20H20N4O6S2. The zero-order chi connectivity index (χ0) is 23.6. The number of ether oxygens (including phenoxy) is 1. The maximum absolute atomic E-state index is 13.0. The van der Waals surface area contributed by atoms with Gasteiger partial charge in [-0.05, 0) is 48.9 Å². The number of aromatic carboxylic acids is 1. The molecular weight excluding hydrogens is 456 g/mol. The van der Waals surface area contributed by atoms with Gasteiger partial charge in [-0.25, -0.2) is 23.2 Å². The quantitative estimate of drug-likeness (QED) is 0.471. The fraction of sp³-hybridized carbons (Fsp3) is 0.200. The monoisotopic (exact) mass is 476 g/mol. The Bertz CT molecular complexity index is 1320. The van der Waals surface area contributed by atoms with Crippen molar-refractivity contribution in [2.75, 3.05) is 17.1 Å². The minimum absolute atomic E-state index is 0.0237. The van der Waals surface area contributed by atoms with Crippen LogP contribution in [0.15, 0.2) is 34.8 Å². The van der Waals surface area contributed by atoms with Gasteiger partial charge < -0.3 is 15.2 Å². The van der Waals surface area contributed by atoms with E-state index in [4.69, 9.17) is 4.74 Å². The van der Waals surface area contributed by atoms with Crippen molar-refractivity contribution < 1.29 is 27.9 Å². The lowest BCUT2D eigenvalue weighted by Crippen LogP contribution is -2.20. The second-order valence-electron chi connectivity index (χ2n) is 6.78. The van der Waals surface area contributed by atoms with Crippen LogP contribution in [0.1, 0.15) is 36.7 Å². The van der Waals surface area contributed by atoms with Crippen LogP contribution in [0.2, 0.25) is 0 Å².